The molecule has 0 aliphatic carbocycles. The van der Waals surface area contributed by atoms with Crippen LogP contribution in [0.1, 0.15) is 44.4 Å². The van der Waals surface area contributed by atoms with Gasteiger partial charge in [0, 0.05) is 253 Å². The van der Waals surface area contributed by atoms with Gasteiger partial charge in [0.05, 0.1) is 61.2 Å². The van der Waals surface area contributed by atoms with E-state index in [2.05, 4.69) is 59.2 Å². The Morgan fingerprint density at radius 3 is 1.06 bits per heavy atom. The monoisotopic (exact) mass is 1790 g/mol. The number of rotatable bonds is 12. The molecule has 6 saturated heterocycles. The van der Waals surface area contributed by atoms with E-state index in [1.165, 1.54) is 48.6 Å². The molecule has 0 spiro atoms. The van der Waals surface area contributed by atoms with E-state index in [-0.39, 0.29) is 87.7 Å². The SMILES string of the molecule is C=CC(=O)N1CCN(c2nc(=O)n3c4c(c(-c5ccc(F)cc5F)c(C)cc24)SCC(N2CCOCC2)C3)CC1.C=CC(=O)N1[C@H](C)CN(c2nc(=O)n3c4c(c(-c5cc(Cl)c(F)cc5F)c(C)cc24)SCC(N2CCOCC2)C3)C[C@@H]1C.C=CC(=O)N1[C@H](C)CN(c2nc(=O)n3c4c(c(-c5ccc(F)cc5F)c(C)cc24)SCC(N2CCOCC2)C3)C[C@@H]1C. The normalized spacial score (nSPS) is 22.1. The summed E-state index contributed by atoms with van der Waals surface area (Å²) in [5, 5.41) is 2.24. The molecule has 7 atom stereocenters. The van der Waals surface area contributed by atoms with Crippen molar-refractivity contribution in [1.29, 1.82) is 0 Å². The van der Waals surface area contributed by atoms with E-state index in [4.69, 9.17) is 25.8 Å². The van der Waals surface area contributed by atoms with Gasteiger partial charge in [-0.2, -0.15) is 15.0 Å². The second-order valence-electron chi connectivity index (χ2n) is 33.3. The molecule has 6 aromatic carbocycles. The third-order valence-electron chi connectivity index (χ3n) is 25.4. The number of hydrogen-bond donors (Lipinski definition) is 0. The number of thioether (sulfide) groups is 3. The van der Waals surface area contributed by atoms with Crippen LogP contribution in [0.15, 0.2) is 134 Å². The first kappa shape index (κ1) is 88.9. The maximum absolute atomic E-state index is 15.4. The molecule has 0 saturated carbocycles. The van der Waals surface area contributed by atoms with Gasteiger partial charge in [-0.1, -0.05) is 31.3 Å². The van der Waals surface area contributed by atoms with Crippen molar-refractivity contribution in [3.63, 3.8) is 0 Å². The number of amides is 3. The summed E-state index contributed by atoms with van der Waals surface area (Å²) in [6, 6.07) is 14.9. The molecular weight excluding hydrogens is 1690 g/mol. The van der Waals surface area contributed by atoms with Crippen LogP contribution in [0.4, 0.5) is 43.8 Å². The van der Waals surface area contributed by atoms with Crippen molar-refractivity contribution in [3.05, 3.63) is 193 Å². The lowest BCUT2D eigenvalue weighted by atomic mass is 9.97. The topological polar surface area (TPSA) is 213 Å². The fourth-order valence-corrected chi connectivity index (χ4v) is 24.0. The van der Waals surface area contributed by atoms with Crippen LogP contribution in [0.25, 0.3) is 66.1 Å². The Balaban J connectivity index is 0.000000138. The van der Waals surface area contributed by atoms with E-state index in [0.29, 0.717) is 180 Å². The molecule has 0 bridgehead atoms. The highest BCUT2D eigenvalue weighted by Gasteiger charge is 2.41. The number of anilines is 3. The lowest BCUT2D eigenvalue weighted by molar-refractivity contribution is -0.131. The number of halogens is 7. The zero-order valence-corrected chi connectivity index (χ0v) is 74.1. The van der Waals surface area contributed by atoms with Gasteiger partial charge in [0.1, 0.15) is 52.4 Å². The number of ether oxygens (including phenoxy) is 3. The Kier molecular flexibility index (Phi) is 26.6. The van der Waals surface area contributed by atoms with Crippen LogP contribution in [0, 0.1) is 55.7 Å². The van der Waals surface area contributed by atoms with E-state index in [1.807, 2.05) is 76.5 Å². The summed E-state index contributed by atoms with van der Waals surface area (Å²) < 4.78 is 110. The van der Waals surface area contributed by atoms with Gasteiger partial charge in [0.15, 0.2) is 0 Å². The number of nitrogens with zero attached hydrogens (tertiary/aromatic N) is 15. The van der Waals surface area contributed by atoms with Crippen molar-refractivity contribution in [1.82, 2.24) is 58.1 Å². The lowest BCUT2D eigenvalue weighted by Gasteiger charge is -2.44. The van der Waals surface area contributed by atoms with Crippen molar-refractivity contribution >= 4 is 115 Å². The van der Waals surface area contributed by atoms with Gasteiger partial charge < -0.3 is 43.6 Å². The van der Waals surface area contributed by atoms with E-state index >= 15 is 13.2 Å². The standard InChI is InChI=1S/C31H34ClF2N5O3S.C31H35F2N5O3S.C29H31F2N5O3S/c1-5-26(40)39-18(3)13-37(14-19(39)4)30-22-10-17(2)27(21-11-23(32)25(34)12-24(21)33)29-28(22)38(31(41)35-30)15-20(16-43-29)36-6-8-42-9-7-36;1-5-26(39)38-19(3)14-36(15-20(38)4)30-24-12-18(2)27(23-7-6-21(32)13-25(23)33)29-28(24)37(31(40)34-30)16-22(17-42-29)35-8-10-41-11-9-35;1-3-24(37)34-6-8-35(9-7-34)28-22-14-18(2)25(21-5-4-19(30)15-23(21)31)27-26(22)36(29(38)32-28)16-20(17-40-27)33-10-12-39-13-11-33/h5,10-12,18-20H,1,6-9,13-16H2,2-4H3;5-7,12-13,19-20,22H,1,8-11,14-17H2,2-4H3;3-5,14-15,20H,1,6-13,16-17H2,2H3/t18-,19+,20?;19-,20+,22?;. The van der Waals surface area contributed by atoms with Gasteiger partial charge in [-0.25, -0.2) is 40.7 Å². The summed E-state index contributed by atoms with van der Waals surface area (Å²) in [6.07, 6.45) is 3.97. The number of carbonyl (C=O) groups excluding carboxylic acids is 3. The van der Waals surface area contributed by atoms with E-state index < -0.39 is 34.9 Å². The third kappa shape index (κ3) is 17.5. The predicted octanol–water partition coefficient (Wildman–Crippen LogP) is 12.1. The third-order valence-corrected chi connectivity index (χ3v) is 29.4. The van der Waals surface area contributed by atoms with Crippen LogP contribution < -0.4 is 31.8 Å². The Morgan fingerprint density at radius 1 is 0.408 bits per heavy atom. The highest BCUT2D eigenvalue weighted by Crippen LogP contribution is 2.50. The van der Waals surface area contributed by atoms with Crippen LogP contribution in [-0.2, 0) is 48.2 Å². The second-order valence-corrected chi connectivity index (χ2v) is 36.8. The van der Waals surface area contributed by atoms with Gasteiger partial charge in [0.25, 0.3) is 0 Å². The van der Waals surface area contributed by atoms with Crippen molar-refractivity contribution in [2.24, 2.45) is 0 Å². The van der Waals surface area contributed by atoms with Crippen molar-refractivity contribution in [2.45, 2.75) is 125 Å². The van der Waals surface area contributed by atoms with Crippen LogP contribution >= 0.6 is 46.9 Å². The van der Waals surface area contributed by atoms with Crippen LogP contribution in [0.5, 0.6) is 0 Å². The van der Waals surface area contributed by atoms with E-state index in [1.54, 1.807) is 58.8 Å². The van der Waals surface area contributed by atoms with Crippen LogP contribution in [-0.4, -0.2) is 267 Å². The van der Waals surface area contributed by atoms with Crippen molar-refractivity contribution in [2.75, 3.05) is 163 Å². The number of morpholine rings is 3. The molecule has 660 valence electrons. The van der Waals surface area contributed by atoms with Gasteiger partial charge in [0.2, 0.25) is 17.7 Å². The Hall–Kier alpha value is -9.55. The van der Waals surface area contributed by atoms with Crippen molar-refractivity contribution < 1.29 is 54.9 Å². The van der Waals surface area contributed by atoms with Gasteiger partial charge >= 0.3 is 17.1 Å². The summed E-state index contributed by atoms with van der Waals surface area (Å²) in [5.41, 5.74) is 6.15. The van der Waals surface area contributed by atoms with Gasteiger partial charge in [-0.3, -0.25) is 42.8 Å². The lowest BCUT2D eigenvalue weighted by Crippen LogP contribution is -2.58. The minimum atomic E-state index is -0.826. The fraction of sp³-hybridized carbons (Fsp3) is 0.440. The molecule has 3 unspecified atom stereocenters. The number of carbonyl (C=O) groups is 3. The molecule has 3 amide bonds. The number of aryl methyl sites for hydroxylation is 3. The molecule has 3 aromatic heterocycles. The van der Waals surface area contributed by atoms with E-state index in [9.17, 15) is 41.9 Å². The average Bonchev–Trinajstić information content (AvgIpc) is 1.73. The zero-order chi connectivity index (χ0) is 88.2. The Morgan fingerprint density at radius 2 is 0.728 bits per heavy atom. The van der Waals surface area contributed by atoms with Gasteiger partial charge in [-0.15, -0.1) is 35.3 Å². The smallest absolute Gasteiger partial charge is 0.350 e. The average molecular weight is 1790 g/mol. The molecule has 125 heavy (non-hydrogen) atoms. The first-order chi connectivity index (χ1) is 60.1. The molecule has 6 fully saturated rings. The predicted molar refractivity (Wildman–Crippen MR) is 479 cm³/mol. The summed E-state index contributed by atoms with van der Waals surface area (Å²) >= 11 is 11.0. The minimum Gasteiger partial charge on any atom is -0.379 e. The summed E-state index contributed by atoms with van der Waals surface area (Å²) in [4.78, 5) is 114. The summed E-state index contributed by atoms with van der Waals surface area (Å²) in [6.45, 7) is 38.2. The second kappa shape index (κ2) is 37.4. The molecule has 34 heteroatoms. The molecule has 12 heterocycles. The largest absolute Gasteiger partial charge is 0.379 e. The molecule has 9 aliphatic rings. The van der Waals surface area contributed by atoms with Crippen LogP contribution in [0.3, 0.4) is 0 Å². The van der Waals surface area contributed by atoms with Crippen molar-refractivity contribution in [3.8, 4) is 33.4 Å². The molecule has 24 nitrogen and oxygen atoms in total. The maximum Gasteiger partial charge on any atom is 0.350 e. The number of aromatic nitrogens is 6. The molecule has 0 N–H and O–H groups in total. The number of hydrogen-bond acceptors (Lipinski definition) is 21. The first-order valence-electron chi connectivity index (χ1n) is 42.3. The Labute approximate surface area is 737 Å². The molecule has 18 rings (SSSR count). The highest BCUT2D eigenvalue weighted by molar-refractivity contribution is 8.00. The summed E-state index contributed by atoms with van der Waals surface area (Å²) in [7, 11) is 0. The summed E-state index contributed by atoms with van der Waals surface area (Å²) in [5.74, 6) is -0.732. The molecule has 9 aromatic rings. The zero-order valence-electron chi connectivity index (χ0n) is 70.9. The maximum atomic E-state index is 15.4. The molecule has 0 radical (unpaired) electrons. The number of piperazine rings is 3. The molecule has 9 aliphatic heterocycles. The highest BCUT2D eigenvalue weighted by atomic mass is 35.5. The van der Waals surface area contributed by atoms with Gasteiger partial charge in [-0.05, 0) is 132 Å². The van der Waals surface area contributed by atoms with E-state index in [0.717, 1.165) is 116 Å². The quantitative estimate of drug-likeness (QED) is 0.0632. The van der Waals surface area contributed by atoms with Crippen LogP contribution in [0.2, 0.25) is 5.02 Å². The fourth-order valence-electron chi connectivity index (χ4n) is 19.5. The Bertz CT molecular complexity index is 5960. The first-order valence-corrected chi connectivity index (χ1v) is 45.6. The number of benzene rings is 6. The minimum absolute atomic E-state index is 0.0261. The molecular formula is C91H100ClF6N15O9S3.